The van der Waals surface area contributed by atoms with Crippen molar-refractivity contribution in [2.75, 3.05) is 19.5 Å². The highest BCUT2D eigenvalue weighted by atomic mass is 19.1. The zero-order valence-electron chi connectivity index (χ0n) is 11.9. The molecule has 2 rings (SSSR count). The molecule has 0 radical (unpaired) electrons. The van der Waals surface area contributed by atoms with E-state index in [1.54, 1.807) is 24.3 Å². The van der Waals surface area contributed by atoms with Gasteiger partial charge in [0.05, 0.1) is 26.3 Å². The van der Waals surface area contributed by atoms with Crippen LogP contribution in [0.5, 0.6) is 11.5 Å². The third kappa shape index (κ3) is 3.72. The van der Waals surface area contributed by atoms with Crippen molar-refractivity contribution in [2.24, 2.45) is 0 Å². The number of nitrogens with one attached hydrogen (secondary N) is 1. The van der Waals surface area contributed by atoms with Crippen molar-refractivity contribution in [2.45, 2.75) is 6.42 Å². The Morgan fingerprint density at radius 3 is 2.48 bits per heavy atom. The van der Waals surface area contributed by atoms with Crippen molar-refractivity contribution in [3.05, 3.63) is 53.8 Å². The Balaban J connectivity index is 2.06. The molecule has 1 amide bonds. The van der Waals surface area contributed by atoms with E-state index in [1.807, 2.05) is 6.07 Å². The maximum Gasteiger partial charge on any atom is 0.228 e. The zero-order valence-corrected chi connectivity index (χ0v) is 11.9. The van der Waals surface area contributed by atoms with Crippen LogP contribution in [0.1, 0.15) is 5.56 Å². The van der Waals surface area contributed by atoms with Gasteiger partial charge in [0.1, 0.15) is 5.75 Å². The van der Waals surface area contributed by atoms with Crippen LogP contribution in [0.15, 0.2) is 42.5 Å². The minimum atomic E-state index is -0.486. The summed E-state index contributed by atoms with van der Waals surface area (Å²) in [6, 6.07) is 11.6. The predicted octanol–water partition coefficient (Wildman–Crippen LogP) is 3.02. The quantitative estimate of drug-likeness (QED) is 0.920. The summed E-state index contributed by atoms with van der Waals surface area (Å²) in [5.74, 6) is -0.000179. The number of hydrogen-bond donors (Lipinski definition) is 1. The van der Waals surface area contributed by atoms with Crippen LogP contribution in [-0.4, -0.2) is 20.1 Å². The smallest absolute Gasteiger partial charge is 0.228 e. The molecule has 2 aromatic carbocycles. The van der Waals surface area contributed by atoms with E-state index in [0.717, 1.165) is 0 Å². The monoisotopic (exact) mass is 289 g/mol. The summed E-state index contributed by atoms with van der Waals surface area (Å²) in [7, 11) is 2.93. The lowest BCUT2D eigenvalue weighted by atomic mass is 10.1. The van der Waals surface area contributed by atoms with Gasteiger partial charge in [0.2, 0.25) is 5.91 Å². The van der Waals surface area contributed by atoms with Gasteiger partial charge >= 0.3 is 0 Å². The molecule has 4 nitrogen and oxygen atoms in total. The number of rotatable bonds is 5. The average molecular weight is 289 g/mol. The summed E-state index contributed by atoms with van der Waals surface area (Å²) in [6.45, 7) is 0. The van der Waals surface area contributed by atoms with Gasteiger partial charge in [-0.15, -0.1) is 0 Å². The number of benzene rings is 2. The van der Waals surface area contributed by atoms with Gasteiger partial charge in [0.15, 0.2) is 11.6 Å². The van der Waals surface area contributed by atoms with Crippen LogP contribution < -0.4 is 14.8 Å². The molecule has 0 aromatic heterocycles. The number of hydrogen-bond acceptors (Lipinski definition) is 3. The number of anilines is 1. The topological polar surface area (TPSA) is 47.6 Å². The molecule has 0 aliphatic heterocycles. The summed E-state index contributed by atoms with van der Waals surface area (Å²) >= 11 is 0. The fraction of sp³-hybridized carbons (Fsp3) is 0.188. The lowest BCUT2D eigenvalue weighted by Gasteiger charge is -2.10. The molecule has 0 bridgehead atoms. The molecule has 0 spiro atoms. The van der Waals surface area contributed by atoms with E-state index in [1.165, 1.54) is 26.4 Å². The second-order valence-corrected chi connectivity index (χ2v) is 4.39. The first-order valence-electron chi connectivity index (χ1n) is 6.39. The molecule has 1 N–H and O–H groups in total. The first kappa shape index (κ1) is 14.8. The highest BCUT2D eigenvalue weighted by molar-refractivity contribution is 5.93. The van der Waals surface area contributed by atoms with Gasteiger partial charge in [0, 0.05) is 0 Å². The predicted molar refractivity (Wildman–Crippen MR) is 78.3 cm³/mol. The molecular formula is C16H16FNO3. The molecule has 0 saturated carbocycles. The average Bonchev–Trinajstić information content (AvgIpc) is 2.48. The molecular weight excluding hydrogens is 273 g/mol. The van der Waals surface area contributed by atoms with Crippen molar-refractivity contribution in [3.8, 4) is 11.5 Å². The molecule has 2 aromatic rings. The first-order valence-corrected chi connectivity index (χ1v) is 6.39. The van der Waals surface area contributed by atoms with Crippen LogP contribution in [0.25, 0.3) is 0 Å². The van der Waals surface area contributed by atoms with Crippen LogP contribution >= 0.6 is 0 Å². The minimum Gasteiger partial charge on any atom is -0.495 e. The highest BCUT2D eigenvalue weighted by Crippen LogP contribution is 2.23. The van der Waals surface area contributed by atoms with Gasteiger partial charge in [-0.05, 0) is 29.8 Å². The number of ether oxygens (including phenoxy) is 2. The minimum absolute atomic E-state index is 0.0684. The lowest BCUT2D eigenvalue weighted by Crippen LogP contribution is -2.15. The first-order chi connectivity index (χ1) is 10.1. The van der Waals surface area contributed by atoms with Crippen LogP contribution in [0.3, 0.4) is 0 Å². The van der Waals surface area contributed by atoms with Crippen LogP contribution in [0, 0.1) is 5.82 Å². The third-order valence-corrected chi connectivity index (χ3v) is 2.96. The zero-order chi connectivity index (χ0) is 15.2. The van der Waals surface area contributed by atoms with Gasteiger partial charge in [0.25, 0.3) is 0 Å². The van der Waals surface area contributed by atoms with Gasteiger partial charge < -0.3 is 14.8 Å². The molecule has 110 valence electrons. The van der Waals surface area contributed by atoms with Crippen molar-refractivity contribution >= 4 is 11.6 Å². The van der Waals surface area contributed by atoms with Gasteiger partial charge in [-0.1, -0.05) is 18.2 Å². The summed E-state index contributed by atoms with van der Waals surface area (Å²) in [5.41, 5.74) is 1.15. The summed E-state index contributed by atoms with van der Waals surface area (Å²) in [4.78, 5) is 12.0. The van der Waals surface area contributed by atoms with Crippen LogP contribution in [0.4, 0.5) is 10.1 Å². The second-order valence-electron chi connectivity index (χ2n) is 4.39. The second kappa shape index (κ2) is 6.74. The number of amides is 1. The maximum atomic E-state index is 13.6. The van der Waals surface area contributed by atoms with Crippen LogP contribution in [-0.2, 0) is 11.2 Å². The molecule has 0 aliphatic rings. The Kier molecular flexibility index (Phi) is 4.77. The standard InChI is InChI=1S/C16H16FNO3/c1-20-14-8-7-11(9-12(14)17)10-16(19)18-13-5-3-4-6-15(13)21-2/h3-9H,10H2,1-2H3,(H,18,19). The molecule has 21 heavy (non-hydrogen) atoms. The van der Waals surface area contributed by atoms with Gasteiger partial charge in [-0.25, -0.2) is 4.39 Å². The Morgan fingerprint density at radius 2 is 1.81 bits per heavy atom. The van der Waals surface area contributed by atoms with E-state index >= 15 is 0 Å². The Labute approximate surface area is 122 Å². The molecule has 0 saturated heterocycles. The van der Waals surface area contributed by atoms with Crippen molar-refractivity contribution in [3.63, 3.8) is 0 Å². The largest absolute Gasteiger partial charge is 0.495 e. The maximum absolute atomic E-state index is 13.6. The molecule has 0 unspecified atom stereocenters. The van der Waals surface area contributed by atoms with Crippen molar-refractivity contribution < 1.29 is 18.7 Å². The van der Waals surface area contributed by atoms with Crippen molar-refractivity contribution in [1.29, 1.82) is 0 Å². The Morgan fingerprint density at radius 1 is 1.10 bits per heavy atom. The van der Waals surface area contributed by atoms with E-state index < -0.39 is 5.82 Å². The third-order valence-electron chi connectivity index (χ3n) is 2.96. The normalized spacial score (nSPS) is 10.0. The van der Waals surface area contributed by atoms with Crippen molar-refractivity contribution in [1.82, 2.24) is 0 Å². The van der Waals surface area contributed by atoms with E-state index in [9.17, 15) is 9.18 Å². The Hall–Kier alpha value is -2.56. The van der Waals surface area contributed by atoms with E-state index in [0.29, 0.717) is 17.0 Å². The van der Waals surface area contributed by atoms with E-state index in [2.05, 4.69) is 5.32 Å². The molecule has 0 heterocycles. The molecule has 5 heteroatoms. The number of carbonyl (C=O) groups is 1. The number of methoxy groups -OCH3 is 2. The van der Waals surface area contributed by atoms with E-state index in [-0.39, 0.29) is 18.1 Å². The van der Waals surface area contributed by atoms with Crippen LogP contribution in [0.2, 0.25) is 0 Å². The van der Waals surface area contributed by atoms with Gasteiger partial charge in [-0.2, -0.15) is 0 Å². The SMILES string of the molecule is COc1ccc(CC(=O)Nc2ccccc2OC)cc1F. The fourth-order valence-corrected chi connectivity index (χ4v) is 1.95. The van der Waals surface area contributed by atoms with E-state index in [4.69, 9.17) is 9.47 Å². The molecule has 0 atom stereocenters. The summed E-state index contributed by atoms with van der Waals surface area (Å²) in [5, 5.41) is 2.74. The number of para-hydroxylation sites is 2. The highest BCUT2D eigenvalue weighted by Gasteiger charge is 2.10. The Bertz CT molecular complexity index is 643. The fourth-order valence-electron chi connectivity index (χ4n) is 1.95. The summed E-state index contributed by atoms with van der Waals surface area (Å²) in [6.07, 6.45) is 0.0684. The lowest BCUT2D eigenvalue weighted by molar-refractivity contribution is -0.115. The number of halogens is 1. The summed E-state index contributed by atoms with van der Waals surface area (Å²) < 4.78 is 23.6. The molecule has 0 fully saturated rings. The van der Waals surface area contributed by atoms with Gasteiger partial charge in [-0.3, -0.25) is 4.79 Å². The number of carbonyl (C=O) groups excluding carboxylic acids is 1. The molecule has 0 aliphatic carbocycles.